The van der Waals surface area contributed by atoms with Crippen LogP contribution in [0.15, 0.2) is 70.8 Å². The second-order valence-electron chi connectivity index (χ2n) is 6.47. The van der Waals surface area contributed by atoms with E-state index in [1.807, 2.05) is 30.3 Å². The molecule has 9 heteroatoms. The van der Waals surface area contributed by atoms with Crippen LogP contribution in [-0.4, -0.2) is 36.8 Å². The van der Waals surface area contributed by atoms with Crippen LogP contribution >= 0.6 is 0 Å². The molecule has 0 radical (unpaired) electrons. The van der Waals surface area contributed by atoms with Crippen molar-refractivity contribution in [2.45, 2.75) is 13.1 Å². The van der Waals surface area contributed by atoms with E-state index in [9.17, 15) is 14.4 Å². The molecule has 3 aromatic heterocycles. The molecule has 0 aliphatic carbocycles. The Labute approximate surface area is 164 Å². The SMILES string of the molecule is O=C(NCCn1ncc2c(=O)n(Cc3ccccc3)cnc21)c1ccc(=O)[nH]c1. The zero-order valence-corrected chi connectivity index (χ0v) is 15.4. The Kier molecular flexibility index (Phi) is 5.02. The number of pyridine rings is 1. The van der Waals surface area contributed by atoms with Crippen LogP contribution < -0.4 is 16.4 Å². The van der Waals surface area contributed by atoms with Gasteiger partial charge in [0.1, 0.15) is 11.7 Å². The van der Waals surface area contributed by atoms with E-state index >= 15 is 0 Å². The number of aromatic amines is 1. The molecule has 4 aromatic rings. The van der Waals surface area contributed by atoms with Crippen LogP contribution in [0.5, 0.6) is 0 Å². The molecular weight excluding hydrogens is 372 g/mol. The zero-order valence-electron chi connectivity index (χ0n) is 15.4. The van der Waals surface area contributed by atoms with Gasteiger partial charge in [-0.05, 0) is 11.6 Å². The number of carbonyl (C=O) groups excluding carboxylic acids is 1. The Morgan fingerprint density at radius 3 is 2.69 bits per heavy atom. The Bertz CT molecular complexity index is 1250. The largest absolute Gasteiger partial charge is 0.350 e. The van der Waals surface area contributed by atoms with Crippen LogP contribution in [0.1, 0.15) is 15.9 Å². The second-order valence-corrected chi connectivity index (χ2v) is 6.47. The molecule has 0 unspecified atom stereocenters. The fourth-order valence-corrected chi connectivity index (χ4v) is 2.98. The van der Waals surface area contributed by atoms with E-state index < -0.39 is 0 Å². The lowest BCUT2D eigenvalue weighted by atomic mass is 10.2. The molecule has 0 bridgehead atoms. The van der Waals surface area contributed by atoms with Gasteiger partial charge in [-0.2, -0.15) is 5.10 Å². The van der Waals surface area contributed by atoms with Crippen molar-refractivity contribution in [3.8, 4) is 0 Å². The smallest absolute Gasteiger partial charge is 0.264 e. The molecule has 0 fully saturated rings. The standard InChI is InChI=1S/C20H18N6O3/c27-17-7-6-15(10-22-17)19(28)21-8-9-26-18-16(11-24-26)20(29)25(13-23-18)12-14-4-2-1-3-5-14/h1-7,10-11,13H,8-9,12H2,(H,21,28)(H,22,27). The summed E-state index contributed by atoms with van der Waals surface area (Å²) in [6, 6.07) is 12.4. The van der Waals surface area contributed by atoms with Gasteiger partial charge >= 0.3 is 0 Å². The maximum absolute atomic E-state index is 12.7. The van der Waals surface area contributed by atoms with Crippen molar-refractivity contribution in [2.24, 2.45) is 0 Å². The van der Waals surface area contributed by atoms with Gasteiger partial charge in [-0.3, -0.25) is 19.0 Å². The molecule has 29 heavy (non-hydrogen) atoms. The van der Waals surface area contributed by atoms with E-state index in [1.165, 1.54) is 30.9 Å². The third-order valence-electron chi connectivity index (χ3n) is 4.47. The molecule has 0 spiro atoms. The maximum Gasteiger partial charge on any atom is 0.264 e. The van der Waals surface area contributed by atoms with Gasteiger partial charge in [0.15, 0.2) is 5.65 Å². The first-order valence-corrected chi connectivity index (χ1v) is 9.03. The number of benzene rings is 1. The van der Waals surface area contributed by atoms with Gasteiger partial charge in [0.25, 0.3) is 11.5 Å². The third-order valence-corrected chi connectivity index (χ3v) is 4.47. The van der Waals surface area contributed by atoms with E-state index in [2.05, 4.69) is 20.4 Å². The predicted molar refractivity (Wildman–Crippen MR) is 107 cm³/mol. The molecule has 9 nitrogen and oxygen atoms in total. The fourth-order valence-electron chi connectivity index (χ4n) is 2.98. The van der Waals surface area contributed by atoms with Gasteiger partial charge in [0, 0.05) is 18.8 Å². The number of hydrogen-bond acceptors (Lipinski definition) is 5. The number of fused-ring (bicyclic) bond motifs is 1. The first-order chi connectivity index (χ1) is 14.1. The Hall–Kier alpha value is -4.01. The van der Waals surface area contributed by atoms with Gasteiger partial charge in [0.2, 0.25) is 5.56 Å². The van der Waals surface area contributed by atoms with Crippen LogP contribution in [0.4, 0.5) is 0 Å². The molecule has 1 amide bonds. The van der Waals surface area contributed by atoms with Crippen LogP contribution in [0, 0.1) is 0 Å². The summed E-state index contributed by atoms with van der Waals surface area (Å²) in [6.45, 7) is 1.08. The summed E-state index contributed by atoms with van der Waals surface area (Å²) in [5.74, 6) is -0.309. The summed E-state index contributed by atoms with van der Waals surface area (Å²) < 4.78 is 3.12. The Morgan fingerprint density at radius 1 is 1.10 bits per heavy atom. The summed E-state index contributed by atoms with van der Waals surface area (Å²) in [5, 5.41) is 7.40. The van der Waals surface area contributed by atoms with Crippen molar-refractivity contribution < 1.29 is 4.79 Å². The molecule has 0 saturated heterocycles. The highest BCUT2D eigenvalue weighted by Crippen LogP contribution is 2.07. The van der Waals surface area contributed by atoms with E-state index in [4.69, 9.17) is 0 Å². The number of nitrogens with one attached hydrogen (secondary N) is 2. The minimum Gasteiger partial charge on any atom is -0.350 e. The highest BCUT2D eigenvalue weighted by atomic mass is 16.2. The van der Waals surface area contributed by atoms with E-state index in [0.29, 0.717) is 36.2 Å². The minimum atomic E-state index is -0.309. The average Bonchev–Trinajstić information content (AvgIpc) is 3.15. The predicted octanol–water partition coefficient (Wildman–Crippen LogP) is 0.760. The van der Waals surface area contributed by atoms with Gasteiger partial charge in [0.05, 0.1) is 24.8 Å². The highest BCUT2D eigenvalue weighted by molar-refractivity contribution is 5.93. The number of rotatable bonds is 6. The first kappa shape index (κ1) is 18.4. The quantitative estimate of drug-likeness (QED) is 0.504. The van der Waals surface area contributed by atoms with E-state index in [-0.39, 0.29) is 17.0 Å². The van der Waals surface area contributed by atoms with Crippen LogP contribution in [-0.2, 0) is 13.1 Å². The lowest BCUT2D eigenvalue weighted by Crippen LogP contribution is -2.28. The number of aromatic nitrogens is 5. The summed E-state index contributed by atoms with van der Waals surface area (Å²) in [6.07, 6.45) is 4.36. The molecule has 0 aliphatic heterocycles. The molecule has 2 N–H and O–H groups in total. The molecule has 146 valence electrons. The number of H-pyrrole nitrogens is 1. The summed E-state index contributed by atoms with van der Waals surface area (Å²) in [4.78, 5) is 42.7. The van der Waals surface area contributed by atoms with Crippen molar-refractivity contribution in [3.63, 3.8) is 0 Å². The average molecular weight is 390 g/mol. The van der Waals surface area contributed by atoms with Crippen LogP contribution in [0.25, 0.3) is 11.0 Å². The highest BCUT2D eigenvalue weighted by Gasteiger charge is 2.11. The normalized spacial score (nSPS) is 10.9. The van der Waals surface area contributed by atoms with Gasteiger partial charge in [-0.25, -0.2) is 9.67 Å². The summed E-state index contributed by atoms with van der Waals surface area (Å²) in [5.41, 5.74) is 1.40. The molecule has 1 aromatic carbocycles. The van der Waals surface area contributed by atoms with Crippen molar-refractivity contribution in [2.75, 3.05) is 6.54 Å². The van der Waals surface area contributed by atoms with Gasteiger partial charge in [-0.1, -0.05) is 30.3 Å². The third kappa shape index (κ3) is 3.98. The van der Waals surface area contributed by atoms with Crippen LogP contribution in [0.2, 0.25) is 0 Å². The van der Waals surface area contributed by atoms with Crippen molar-refractivity contribution in [1.29, 1.82) is 0 Å². The Morgan fingerprint density at radius 2 is 1.93 bits per heavy atom. The van der Waals surface area contributed by atoms with Crippen molar-refractivity contribution in [3.05, 3.63) is 93.0 Å². The van der Waals surface area contributed by atoms with Crippen molar-refractivity contribution >= 4 is 16.9 Å². The summed E-state index contributed by atoms with van der Waals surface area (Å²) in [7, 11) is 0. The molecule has 0 aliphatic rings. The maximum atomic E-state index is 12.7. The second kappa shape index (κ2) is 7.93. The van der Waals surface area contributed by atoms with Gasteiger partial charge in [-0.15, -0.1) is 0 Å². The zero-order chi connectivity index (χ0) is 20.2. The number of carbonyl (C=O) groups is 1. The lowest BCUT2D eigenvalue weighted by Gasteiger charge is -2.07. The molecular formula is C20H18N6O3. The minimum absolute atomic E-state index is 0.164. The van der Waals surface area contributed by atoms with Crippen molar-refractivity contribution in [1.82, 2.24) is 29.6 Å². The van der Waals surface area contributed by atoms with E-state index in [0.717, 1.165) is 5.56 Å². The monoisotopic (exact) mass is 390 g/mol. The molecule has 0 atom stereocenters. The summed E-state index contributed by atoms with van der Waals surface area (Å²) >= 11 is 0. The Balaban J connectivity index is 1.45. The number of nitrogens with zero attached hydrogens (tertiary/aromatic N) is 4. The molecule has 0 saturated carbocycles. The molecule has 3 heterocycles. The van der Waals surface area contributed by atoms with E-state index in [1.54, 1.807) is 9.25 Å². The molecule has 4 rings (SSSR count). The lowest BCUT2D eigenvalue weighted by molar-refractivity contribution is 0.0951. The topological polar surface area (TPSA) is 115 Å². The number of hydrogen-bond donors (Lipinski definition) is 2. The fraction of sp³-hybridized carbons (Fsp3) is 0.150. The van der Waals surface area contributed by atoms with Crippen LogP contribution in [0.3, 0.4) is 0 Å². The number of amides is 1. The first-order valence-electron chi connectivity index (χ1n) is 9.03. The van der Waals surface area contributed by atoms with Gasteiger partial charge < -0.3 is 10.3 Å².